The Morgan fingerprint density at radius 2 is 1.50 bits per heavy atom. The summed E-state index contributed by atoms with van der Waals surface area (Å²) in [5.41, 5.74) is 4.15. The molecular weight excluding hydrogens is 508 g/mol. The molecule has 2 amide bonds. The number of carbonyl (C=O) groups is 3. The number of aromatic carboxylic acids is 1. The molecule has 0 aliphatic heterocycles. The number of carboxylic acid groups (broad SMARTS) is 1. The zero-order valence-corrected chi connectivity index (χ0v) is 21.3. The lowest BCUT2D eigenvalue weighted by Gasteiger charge is -2.19. The largest absolute Gasteiger partial charge is 0.478 e. The normalized spacial score (nSPS) is 11.5. The Morgan fingerprint density at radius 1 is 0.800 bits per heavy atom. The van der Waals surface area contributed by atoms with Gasteiger partial charge in [-0.25, -0.2) is 4.79 Å². The average Bonchev–Trinajstić information content (AvgIpc) is 3.35. The molecule has 0 saturated carbocycles. The van der Waals surface area contributed by atoms with Crippen LogP contribution >= 0.6 is 0 Å². The zero-order chi connectivity index (χ0) is 27.9. The minimum absolute atomic E-state index is 0.0317. The van der Waals surface area contributed by atoms with Crippen LogP contribution in [0.5, 0.6) is 0 Å². The van der Waals surface area contributed by atoms with Crippen molar-refractivity contribution in [2.45, 2.75) is 18.9 Å². The van der Waals surface area contributed by atoms with Gasteiger partial charge in [0, 0.05) is 17.8 Å². The molecule has 0 radical (unpaired) electrons. The highest BCUT2D eigenvalue weighted by molar-refractivity contribution is 5.98. The molecule has 1 atom stereocenters. The van der Waals surface area contributed by atoms with E-state index >= 15 is 0 Å². The topological polar surface area (TPSA) is 134 Å². The van der Waals surface area contributed by atoms with Crippen LogP contribution in [0.25, 0.3) is 11.1 Å². The van der Waals surface area contributed by atoms with Crippen molar-refractivity contribution in [2.75, 3.05) is 10.6 Å². The Balaban J connectivity index is 1.27. The molecule has 4 N–H and O–H groups in total. The van der Waals surface area contributed by atoms with Gasteiger partial charge in [0.1, 0.15) is 11.6 Å². The number of carbonyl (C=O) groups excluding carboxylic acids is 2. The Labute approximate surface area is 229 Å². The smallest absolute Gasteiger partial charge is 0.335 e. The summed E-state index contributed by atoms with van der Waals surface area (Å²) < 4.78 is 5.83. The minimum Gasteiger partial charge on any atom is -0.478 e. The standard InChI is InChI=1S/C31H26N4O5/c36-28(19-21-11-16-25-27(18-21)40-31(35-25)33-23-9-5-2-6-10-23)34-26(17-20-7-3-1-4-8-20)29(37)32-24-14-12-22(13-15-24)30(38)39/h1-16,18,26H,17,19H2,(H,32,37)(H,33,35)(H,34,36)(H,38,39)/t26-/m0/s1. The quantitative estimate of drug-likeness (QED) is 0.194. The fourth-order valence-corrected chi connectivity index (χ4v) is 4.19. The SMILES string of the molecule is O=C(Cc1ccc2nc(Nc3ccccc3)oc2c1)N[C@@H](Cc1ccccc1)C(=O)Nc1ccc(C(=O)O)cc1. The molecule has 1 heterocycles. The van der Waals surface area contributed by atoms with E-state index < -0.39 is 17.9 Å². The fraction of sp³-hybridized carbons (Fsp3) is 0.0968. The number of carboxylic acids is 1. The third kappa shape index (κ3) is 6.70. The fourth-order valence-electron chi connectivity index (χ4n) is 4.19. The average molecular weight is 535 g/mol. The van der Waals surface area contributed by atoms with E-state index in [0.717, 1.165) is 11.3 Å². The number of hydrogen-bond acceptors (Lipinski definition) is 6. The van der Waals surface area contributed by atoms with Crippen LogP contribution < -0.4 is 16.0 Å². The van der Waals surface area contributed by atoms with E-state index in [-0.39, 0.29) is 24.3 Å². The number of benzene rings is 4. The van der Waals surface area contributed by atoms with Gasteiger partial charge in [-0.05, 0) is 59.7 Å². The zero-order valence-electron chi connectivity index (χ0n) is 21.3. The molecule has 1 aromatic heterocycles. The highest BCUT2D eigenvalue weighted by atomic mass is 16.4. The van der Waals surface area contributed by atoms with Crippen molar-refractivity contribution in [1.82, 2.24) is 10.3 Å². The summed E-state index contributed by atoms with van der Waals surface area (Å²) in [6.45, 7) is 0. The lowest BCUT2D eigenvalue weighted by atomic mass is 10.0. The van der Waals surface area contributed by atoms with Crippen molar-refractivity contribution in [2.24, 2.45) is 0 Å². The highest BCUT2D eigenvalue weighted by Gasteiger charge is 2.22. The number of fused-ring (bicyclic) bond motifs is 1. The van der Waals surface area contributed by atoms with Gasteiger partial charge < -0.3 is 25.5 Å². The molecule has 0 spiro atoms. The lowest BCUT2D eigenvalue weighted by molar-refractivity contribution is -0.126. The summed E-state index contributed by atoms with van der Waals surface area (Å²) in [6, 6.07) is 29.6. The first-order chi connectivity index (χ1) is 19.4. The molecule has 0 aliphatic carbocycles. The van der Waals surface area contributed by atoms with E-state index in [1.165, 1.54) is 24.3 Å². The van der Waals surface area contributed by atoms with E-state index in [0.29, 0.717) is 28.4 Å². The molecule has 0 unspecified atom stereocenters. The Morgan fingerprint density at radius 3 is 2.20 bits per heavy atom. The third-order valence-corrected chi connectivity index (χ3v) is 6.18. The summed E-state index contributed by atoms with van der Waals surface area (Å²) in [7, 11) is 0. The number of amides is 2. The maximum atomic E-state index is 13.2. The third-order valence-electron chi connectivity index (χ3n) is 6.18. The van der Waals surface area contributed by atoms with Gasteiger partial charge in [0.25, 0.3) is 6.01 Å². The molecule has 200 valence electrons. The van der Waals surface area contributed by atoms with Crippen molar-refractivity contribution in [1.29, 1.82) is 0 Å². The number of nitrogens with one attached hydrogen (secondary N) is 3. The second kappa shape index (κ2) is 12.0. The van der Waals surface area contributed by atoms with Gasteiger partial charge in [-0.15, -0.1) is 0 Å². The number of aromatic nitrogens is 1. The first kappa shape index (κ1) is 26.2. The second-order valence-electron chi connectivity index (χ2n) is 9.17. The van der Waals surface area contributed by atoms with E-state index in [9.17, 15) is 14.4 Å². The monoisotopic (exact) mass is 534 g/mol. The number of hydrogen-bond donors (Lipinski definition) is 4. The highest BCUT2D eigenvalue weighted by Crippen LogP contribution is 2.23. The Bertz CT molecular complexity index is 1630. The van der Waals surface area contributed by atoms with Gasteiger partial charge in [0.15, 0.2) is 5.58 Å². The van der Waals surface area contributed by atoms with Crippen molar-refractivity contribution in [3.8, 4) is 0 Å². The van der Waals surface area contributed by atoms with E-state index in [2.05, 4.69) is 20.9 Å². The minimum atomic E-state index is -1.06. The molecule has 0 saturated heterocycles. The first-order valence-electron chi connectivity index (χ1n) is 12.6. The van der Waals surface area contributed by atoms with Crippen LogP contribution in [0, 0.1) is 0 Å². The van der Waals surface area contributed by atoms with Gasteiger partial charge >= 0.3 is 5.97 Å². The predicted octanol–water partition coefficient (Wildman–Crippen LogP) is 5.18. The number of para-hydroxylation sites is 1. The van der Waals surface area contributed by atoms with Crippen molar-refractivity contribution in [3.63, 3.8) is 0 Å². The van der Waals surface area contributed by atoms with Crippen LogP contribution in [-0.4, -0.2) is 33.9 Å². The maximum absolute atomic E-state index is 13.2. The molecule has 0 aliphatic rings. The van der Waals surface area contributed by atoms with Crippen LogP contribution in [0.1, 0.15) is 21.5 Å². The second-order valence-corrected chi connectivity index (χ2v) is 9.17. The van der Waals surface area contributed by atoms with Gasteiger partial charge in [0.05, 0.1) is 12.0 Å². The molecular formula is C31H26N4O5. The molecule has 9 heteroatoms. The maximum Gasteiger partial charge on any atom is 0.335 e. The van der Waals surface area contributed by atoms with Gasteiger partial charge in [0.2, 0.25) is 11.8 Å². The van der Waals surface area contributed by atoms with Gasteiger partial charge in [-0.2, -0.15) is 4.98 Å². The number of nitrogens with zero attached hydrogens (tertiary/aromatic N) is 1. The van der Waals surface area contributed by atoms with Gasteiger partial charge in [-0.3, -0.25) is 9.59 Å². The van der Waals surface area contributed by atoms with Crippen LogP contribution in [0.3, 0.4) is 0 Å². The molecule has 0 fully saturated rings. The van der Waals surface area contributed by atoms with Crippen LogP contribution in [0.4, 0.5) is 17.4 Å². The lowest BCUT2D eigenvalue weighted by Crippen LogP contribution is -2.45. The number of oxazole rings is 1. The molecule has 9 nitrogen and oxygen atoms in total. The number of anilines is 3. The summed E-state index contributed by atoms with van der Waals surface area (Å²) in [5, 5.41) is 17.8. The van der Waals surface area contributed by atoms with Gasteiger partial charge in [-0.1, -0.05) is 54.6 Å². The first-order valence-corrected chi connectivity index (χ1v) is 12.6. The van der Waals surface area contributed by atoms with Crippen molar-refractivity contribution >= 4 is 46.3 Å². The van der Waals surface area contributed by atoms with E-state index in [1.54, 1.807) is 18.2 Å². The summed E-state index contributed by atoms with van der Waals surface area (Å²) >= 11 is 0. The van der Waals surface area contributed by atoms with E-state index in [1.807, 2.05) is 60.7 Å². The Kier molecular flexibility index (Phi) is 7.82. The van der Waals surface area contributed by atoms with Crippen molar-refractivity contribution in [3.05, 3.63) is 120 Å². The summed E-state index contributed by atoms with van der Waals surface area (Å²) in [5.74, 6) is -1.80. The van der Waals surface area contributed by atoms with Crippen molar-refractivity contribution < 1.29 is 23.9 Å². The molecule has 5 aromatic rings. The van der Waals surface area contributed by atoms with E-state index in [4.69, 9.17) is 9.52 Å². The molecule has 0 bridgehead atoms. The van der Waals surface area contributed by atoms with Crippen LogP contribution in [-0.2, 0) is 22.4 Å². The Hall–Kier alpha value is -5.44. The summed E-state index contributed by atoms with van der Waals surface area (Å²) in [6.07, 6.45) is 0.311. The van der Waals surface area contributed by atoms with Crippen LogP contribution in [0.15, 0.2) is 108 Å². The number of rotatable bonds is 10. The van der Waals surface area contributed by atoms with Crippen LogP contribution in [0.2, 0.25) is 0 Å². The summed E-state index contributed by atoms with van der Waals surface area (Å²) in [4.78, 5) is 41.8. The predicted molar refractivity (Wildman–Crippen MR) is 152 cm³/mol. The molecule has 4 aromatic carbocycles. The molecule has 5 rings (SSSR count). The molecule has 40 heavy (non-hydrogen) atoms.